The van der Waals surface area contributed by atoms with Gasteiger partial charge >= 0.3 is 0 Å². The SMILES string of the molecule is NCc1nc(C(F)F)cc(C=O)c1O. The van der Waals surface area contributed by atoms with Gasteiger partial charge in [0.1, 0.15) is 11.4 Å². The van der Waals surface area contributed by atoms with E-state index in [-0.39, 0.29) is 24.1 Å². The molecule has 76 valence electrons. The average molecular weight is 202 g/mol. The van der Waals surface area contributed by atoms with Crippen molar-refractivity contribution < 1.29 is 18.7 Å². The zero-order chi connectivity index (χ0) is 10.7. The fraction of sp³-hybridized carbons (Fsp3) is 0.250. The minimum atomic E-state index is -2.79. The molecule has 3 N–H and O–H groups in total. The minimum absolute atomic E-state index is 0.107. The number of hydrogen-bond donors (Lipinski definition) is 2. The molecule has 0 bridgehead atoms. The Hall–Kier alpha value is -1.56. The van der Waals surface area contributed by atoms with Gasteiger partial charge in [-0.3, -0.25) is 4.79 Å². The number of nitrogens with two attached hydrogens (primary N) is 1. The normalized spacial score (nSPS) is 10.6. The van der Waals surface area contributed by atoms with Gasteiger partial charge < -0.3 is 10.8 Å². The largest absolute Gasteiger partial charge is 0.505 e. The van der Waals surface area contributed by atoms with Crippen molar-refractivity contribution in [1.29, 1.82) is 0 Å². The maximum Gasteiger partial charge on any atom is 0.280 e. The molecule has 1 rings (SSSR count). The number of pyridine rings is 1. The lowest BCUT2D eigenvalue weighted by molar-refractivity contribution is 0.111. The van der Waals surface area contributed by atoms with Crippen LogP contribution >= 0.6 is 0 Å². The zero-order valence-electron chi connectivity index (χ0n) is 7.08. The van der Waals surface area contributed by atoms with Crippen molar-refractivity contribution in [3.63, 3.8) is 0 Å². The van der Waals surface area contributed by atoms with Crippen LogP contribution in [0, 0.1) is 0 Å². The van der Waals surface area contributed by atoms with Crippen molar-refractivity contribution in [3.8, 4) is 5.75 Å². The number of rotatable bonds is 3. The van der Waals surface area contributed by atoms with Crippen molar-refractivity contribution in [1.82, 2.24) is 4.98 Å². The molecular weight excluding hydrogens is 194 g/mol. The van der Waals surface area contributed by atoms with Gasteiger partial charge in [0.05, 0.1) is 11.3 Å². The molecule has 4 nitrogen and oxygen atoms in total. The van der Waals surface area contributed by atoms with E-state index < -0.39 is 17.9 Å². The highest BCUT2D eigenvalue weighted by atomic mass is 19.3. The first-order valence-electron chi connectivity index (χ1n) is 3.76. The van der Waals surface area contributed by atoms with Gasteiger partial charge in [-0.15, -0.1) is 0 Å². The summed E-state index contributed by atoms with van der Waals surface area (Å²) < 4.78 is 24.5. The predicted octanol–water partition coefficient (Wildman–Crippen LogP) is 0.996. The standard InChI is InChI=1S/C8H8F2N2O2/c9-8(10)5-1-4(3-13)7(14)6(2-11)12-5/h1,3,8,14H,2,11H2. The lowest BCUT2D eigenvalue weighted by Crippen LogP contribution is -2.05. The highest BCUT2D eigenvalue weighted by molar-refractivity contribution is 5.79. The van der Waals surface area contributed by atoms with Crippen LogP contribution in [0.1, 0.15) is 28.2 Å². The van der Waals surface area contributed by atoms with Crippen LogP contribution in [-0.2, 0) is 6.54 Å². The van der Waals surface area contributed by atoms with Gasteiger partial charge in [0.2, 0.25) is 0 Å². The summed E-state index contributed by atoms with van der Waals surface area (Å²) in [7, 11) is 0. The molecular formula is C8H8F2N2O2. The van der Waals surface area contributed by atoms with Gasteiger partial charge in [-0.25, -0.2) is 13.8 Å². The molecule has 0 amide bonds. The van der Waals surface area contributed by atoms with Crippen LogP contribution in [0.25, 0.3) is 0 Å². The molecule has 1 aromatic rings. The van der Waals surface area contributed by atoms with Crippen molar-refractivity contribution in [3.05, 3.63) is 23.0 Å². The second-order valence-electron chi connectivity index (χ2n) is 2.55. The van der Waals surface area contributed by atoms with Gasteiger partial charge in [-0.2, -0.15) is 0 Å². The molecule has 14 heavy (non-hydrogen) atoms. The Morgan fingerprint density at radius 2 is 2.29 bits per heavy atom. The van der Waals surface area contributed by atoms with Gasteiger partial charge in [0.15, 0.2) is 6.29 Å². The minimum Gasteiger partial charge on any atom is -0.505 e. The van der Waals surface area contributed by atoms with E-state index in [0.29, 0.717) is 0 Å². The zero-order valence-corrected chi connectivity index (χ0v) is 7.08. The van der Waals surface area contributed by atoms with Crippen LogP contribution in [0.15, 0.2) is 6.07 Å². The lowest BCUT2D eigenvalue weighted by atomic mass is 10.2. The van der Waals surface area contributed by atoms with E-state index in [1.807, 2.05) is 0 Å². The number of carbonyl (C=O) groups is 1. The number of alkyl halides is 2. The molecule has 0 aliphatic carbocycles. The summed E-state index contributed by atoms with van der Waals surface area (Å²) in [5, 5.41) is 9.28. The van der Waals surface area contributed by atoms with Crippen LogP contribution in [0.2, 0.25) is 0 Å². The molecule has 0 aliphatic heterocycles. The smallest absolute Gasteiger partial charge is 0.280 e. The monoisotopic (exact) mass is 202 g/mol. The summed E-state index contributed by atoms with van der Waals surface area (Å²) in [6.45, 7) is -0.201. The van der Waals surface area contributed by atoms with Gasteiger partial charge in [-0.05, 0) is 6.07 Å². The number of carbonyl (C=O) groups excluding carboxylic acids is 1. The summed E-state index contributed by atoms with van der Waals surface area (Å²) in [5.74, 6) is -0.438. The summed E-state index contributed by atoms with van der Waals surface area (Å²) in [6.07, 6.45) is -2.51. The van der Waals surface area contributed by atoms with E-state index in [1.165, 1.54) is 0 Å². The van der Waals surface area contributed by atoms with Crippen LogP contribution in [-0.4, -0.2) is 16.4 Å². The first-order chi connectivity index (χ1) is 6.60. The van der Waals surface area contributed by atoms with Gasteiger partial charge in [-0.1, -0.05) is 0 Å². The second kappa shape index (κ2) is 4.10. The van der Waals surface area contributed by atoms with Crippen molar-refractivity contribution in [2.75, 3.05) is 0 Å². The van der Waals surface area contributed by atoms with E-state index in [4.69, 9.17) is 5.73 Å². The predicted molar refractivity (Wildman–Crippen MR) is 44.1 cm³/mol. The molecule has 0 atom stereocenters. The quantitative estimate of drug-likeness (QED) is 0.717. The molecule has 0 fully saturated rings. The Kier molecular flexibility index (Phi) is 3.08. The number of nitrogens with zero attached hydrogens (tertiary/aromatic N) is 1. The van der Waals surface area contributed by atoms with E-state index in [1.54, 1.807) is 0 Å². The van der Waals surface area contributed by atoms with E-state index >= 15 is 0 Å². The number of aromatic nitrogens is 1. The molecule has 0 aliphatic rings. The average Bonchev–Trinajstić information content (AvgIpc) is 2.17. The molecule has 0 radical (unpaired) electrons. The first kappa shape index (κ1) is 10.5. The third-order valence-electron chi connectivity index (χ3n) is 1.66. The molecule has 0 saturated heterocycles. The van der Waals surface area contributed by atoms with Crippen molar-refractivity contribution >= 4 is 6.29 Å². The fourth-order valence-corrected chi connectivity index (χ4v) is 0.979. The summed E-state index contributed by atoms with van der Waals surface area (Å²) in [6, 6.07) is 0.839. The number of aldehydes is 1. The summed E-state index contributed by atoms with van der Waals surface area (Å²) in [4.78, 5) is 13.8. The van der Waals surface area contributed by atoms with E-state index in [2.05, 4.69) is 4.98 Å². The highest BCUT2D eigenvalue weighted by Gasteiger charge is 2.15. The van der Waals surface area contributed by atoms with Gasteiger partial charge in [0.25, 0.3) is 6.43 Å². The number of aromatic hydroxyl groups is 1. The number of hydrogen-bond acceptors (Lipinski definition) is 4. The Balaban J connectivity index is 3.31. The molecule has 0 saturated carbocycles. The topological polar surface area (TPSA) is 76.2 Å². The Morgan fingerprint density at radius 1 is 1.64 bits per heavy atom. The van der Waals surface area contributed by atoms with Crippen molar-refractivity contribution in [2.45, 2.75) is 13.0 Å². The molecule has 1 aromatic heterocycles. The Morgan fingerprint density at radius 3 is 2.71 bits per heavy atom. The van der Waals surface area contributed by atoms with Gasteiger partial charge in [0, 0.05) is 6.54 Å². The fourth-order valence-electron chi connectivity index (χ4n) is 0.979. The maximum absolute atomic E-state index is 12.2. The van der Waals surface area contributed by atoms with Crippen LogP contribution < -0.4 is 5.73 Å². The van der Waals surface area contributed by atoms with Crippen LogP contribution in [0.5, 0.6) is 5.75 Å². The first-order valence-corrected chi connectivity index (χ1v) is 3.76. The maximum atomic E-state index is 12.2. The Labute approximate surface area is 78.4 Å². The Bertz CT molecular complexity index is 355. The van der Waals surface area contributed by atoms with E-state index in [9.17, 15) is 18.7 Å². The summed E-state index contributed by atoms with van der Waals surface area (Å²) >= 11 is 0. The lowest BCUT2D eigenvalue weighted by Gasteiger charge is -2.06. The second-order valence-corrected chi connectivity index (χ2v) is 2.55. The third-order valence-corrected chi connectivity index (χ3v) is 1.66. The molecule has 0 aromatic carbocycles. The molecule has 6 heteroatoms. The van der Waals surface area contributed by atoms with Crippen molar-refractivity contribution in [2.24, 2.45) is 5.73 Å². The number of halogens is 2. The van der Waals surface area contributed by atoms with Crippen LogP contribution in [0.4, 0.5) is 8.78 Å². The summed E-state index contributed by atoms with van der Waals surface area (Å²) in [5.41, 5.74) is 4.26. The third kappa shape index (κ3) is 1.85. The highest BCUT2D eigenvalue weighted by Crippen LogP contribution is 2.25. The molecule has 1 heterocycles. The molecule has 0 unspecified atom stereocenters. The van der Waals surface area contributed by atoms with Crippen LogP contribution in [0.3, 0.4) is 0 Å². The van der Waals surface area contributed by atoms with E-state index in [0.717, 1.165) is 6.07 Å². The molecule has 0 spiro atoms.